The standard InChI is InChI=1S/C22H39NO/c1-4-5-6-7-8-9-10-11-12-13-14-15-16-17-18-19-22(24)23-20-21(2)3/h8-9,16-19,21H,4-7,10-15,20H2,1-3H3,(H,23,24)/b9-8-,17-16+,19-18+. The Labute approximate surface area is 150 Å². The van der Waals surface area contributed by atoms with Crippen LogP contribution >= 0.6 is 0 Å². The van der Waals surface area contributed by atoms with Gasteiger partial charge >= 0.3 is 0 Å². The molecular formula is C22H39NO. The molecule has 0 aromatic heterocycles. The Hall–Kier alpha value is -1.31. The maximum Gasteiger partial charge on any atom is 0.243 e. The summed E-state index contributed by atoms with van der Waals surface area (Å²) < 4.78 is 0. The van der Waals surface area contributed by atoms with Crippen LogP contribution in [-0.4, -0.2) is 12.5 Å². The molecule has 0 heterocycles. The molecule has 0 radical (unpaired) electrons. The Kier molecular flexibility index (Phi) is 17.1. The van der Waals surface area contributed by atoms with Gasteiger partial charge in [0.2, 0.25) is 5.91 Å². The highest BCUT2D eigenvalue weighted by atomic mass is 16.1. The van der Waals surface area contributed by atoms with Crippen LogP contribution in [0.5, 0.6) is 0 Å². The molecular weight excluding hydrogens is 294 g/mol. The SMILES string of the molecule is CCCCC/C=C\CCCCCC/C=C/C=C/C(=O)NCC(C)C. The molecule has 0 rings (SSSR count). The van der Waals surface area contributed by atoms with Crippen molar-refractivity contribution >= 4 is 5.91 Å². The molecule has 2 nitrogen and oxygen atoms in total. The lowest BCUT2D eigenvalue weighted by molar-refractivity contribution is -0.116. The van der Waals surface area contributed by atoms with Gasteiger partial charge in [-0.25, -0.2) is 0 Å². The highest BCUT2D eigenvalue weighted by molar-refractivity contribution is 5.87. The molecule has 138 valence electrons. The van der Waals surface area contributed by atoms with Crippen molar-refractivity contribution in [2.75, 3.05) is 6.54 Å². The second kappa shape index (κ2) is 18.0. The third-order valence-corrected chi connectivity index (χ3v) is 3.81. The number of hydrogen-bond acceptors (Lipinski definition) is 1. The van der Waals surface area contributed by atoms with Crippen LogP contribution in [-0.2, 0) is 4.79 Å². The first-order chi connectivity index (χ1) is 11.7. The Bertz CT molecular complexity index is 366. The van der Waals surface area contributed by atoms with Gasteiger partial charge in [-0.2, -0.15) is 0 Å². The number of carbonyl (C=O) groups excluding carboxylic acids is 1. The number of unbranched alkanes of at least 4 members (excludes halogenated alkanes) is 8. The zero-order valence-corrected chi connectivity index (χ0v) is 16.2. The average Bonchev–Trinajstić information content (AvgIpc) is 2.56. The molecule has 0 atom stereocenters. The quantitative estimate of drug-likeness (QED) is 0.161. The van der Waals surface area contributed by atoms with Crippen molar-refractivity contribution < 1.29 is 4.79 Å². The summed E-state index contributed by atoms with van der Waals surface area (Å²) in [5, 5.41) is 2.87. The van der Waals surface area contributed by atoms with E-state index in [9.17, 15) is 4.79 Å². The first-order valence-electron chi connectivity index (χ1n) is 9.92. The molecule has 0 aliphatic rings. The number of amides is 1. The van der Waals surface area contributed by atoms with Crippen LogP contribution in [0.2, 0.25) is 0 Å². The van der Waals surface area contributed by atoms with E-state index in [2.05, 4.69) is 44.3 Å². The van der Waals surface area contributed by atoms with Crippen LogP contribution in [0.25, 0.3) is 0 Å². The van der Waals surface area contributed by atoms with Crippen molar-refractivity contribution in [2.45, 2.75) is 85.0 Å². The van der Waals surface area contributed by atoms with Gasteiger partial charge in [-0.05, 0) is 44.4 Å². The zero-order valence-electron chi connectivity index (χ0n) is 16.2. The van der Waals surface area contributed by atoms with Crippen molar-refractivity contribution in [1.82, 2.24) is 5.32 Å². The van der Waals surface area contributed by atoms with Gasteiger partial charge in [-0.15, -0.1) is 0 Å². The van der Waals surface area contributed by atoms with Gasteiger partial charge in [0, 0.05) is 12.6 Å². The van der Waals surface area contributed by atoms with Gasteiger partial charge in [-0.3, -0.25) is 4.79 Å². The van der Waals surface area contributed by atoms with E-state index in [-0.39, 0.29) is 5.91 Å². The summed E-state index contributed by atoms with van der Waals surface area (Å²) in [7, 11) is 0. The molecule has 0 aromatic carbocycles. The van der Waals surface area contributed by atoms with Crippen molar-refractivity contribution in [3.05, 3.63) is 36.5 Å². The van der Waals surface area contributed by atoms with Crippen LogP contribution < -0.4 is 5.32 Å². The van der Waals surface area contributed by atoms with E-state index in [0.717, 1.165) is 13.0 Å². The molecule has 0 saturated heterocycles. The largest absolute Gasteiger partial charge is 0.352 e. The molecule has 2 heteroatoms. The summed E-state index contributed by atoms with van der Waals surface area (Å²) >= 11 is 0. The third-order valence-electron chi connectivity index (χ3n) is 3.81. The van der Waals surface area contributed by atoms with Crippen molar-refractivity contribution in [3.63, 3.8) is 0 Å². The lowest BCUT2D eigenvalue weighted by atomic mass is 10.1. The maximum absolute atomic E-state index is 11.4. The highest BCUT2D eigenvalue weighted by Gasteiger charge is 1.95. The second-order valence-electron chi connectivity index (χ2n) is 6.89. The zero-order chi connectivity index (χ0) is 17.9. The van der Waals surface area contributed by atoms with Gasteiger partial charge in [0.25, 0.3) is 0 Å². The summed E-state index contributed by atoms with van der Waals surface area (Å²) in [6, 6.07) is 0. The lowest BCUT2D eigenvalue weighted by Crippen LogP contribution is -2.25. The number of hydrogen-bond donors (Lipinski definition) is 1. The third kappa shape index (κ3) is 18.7. The van der Waals surface area contributed by atoms with Gasteiger partial charge in [0.1, 0.15) is 0 Å². The molecule has 24 heavy (non-hydrogen) atoms. The van der Waals surface area contributed by atoms with E-state index < -0.39 is 0 Å². The predicted molar refractivity (Wildman–Crippen MR) is 107 cm³/mol. The molecule has 0 aliphatic heterocycles. The predicted octanol–water partition coefficient (Wildman–Crippen LogP) is 6.35. The second-order valence-corrected chi connectivity index (χ2v) is 6.89. The van der Waals surface area contributed by atoms with Crippen LogP contribution in [0, 0.1) is 5.92 Å². The van der Waals surface area contributed by atoms with Crippen LogP contribution in [0.3, 0.4) is 0 Å². The number of carbonyl (C=O) groups is 1. The van der Waals surface area contributed by atoms with Gasteiger partial charge in [0.05, 0.1) is 0 Å². The van der Waals surface area contributed by atoms with Crippen molar-refractivity contribution in [2.24, 2.45) is 5.92 Å². The van der Waals surface area contributed by atoms with Crippen LogP contribution in [0.1, 0.15) is 85.0 Å². The fourth-order valence-corrected chi connectivity index (χ4v) is 2.31. The molecule has 1 N–H and O–H groups in total. The molecule has 0 saturated carbocycles. The number of nitrogens with one attached hydrogen (secondary N) is 1. The molecule has 0 spiro atoms. The van der Waals surface area contributed by atoms with Gasteiger partial charge in [0.15, 0.2) is 0 Å². The number of allylic oxidation sites excluding steroid dienone is 5. The van der Waals surface area contributed by atoms with Gasteiger partial charge < -0.3 is 5.32 Å². The average molecular weight is 334 g/mol. The Morgan fingerprint density at radius 3 is 2.00 bits per heavy atom. The first-order valence-corrected chi connectivity index (χ1v) is 9.92. The van der Waals surface area contributed by atoms with E-state index in [1.54, 1.807) is 6.08 Å². The summed E-state index contributed by atoms with van der Waals surface area (Å²) in [4.78, 5) is 11.4. The molecule has 0 aromatic rings. The molecule has 0 bridgehead atoms. The maximum atomic E-state index is 11.4. The van der Waals surface area contributed by atoms with E-state index in [4.69, 9.17) is 0 Å². The topological polar surface area (TPSA) is 29.1 Å². The first kappa shape index (κ1) is 22.7. The van der Waals surface area contributed by atoms with E-state index >= 15 is 0 Å². The van der Waals surface area contributed by atoms with E-state index in [0.29, 0.717) is 5.92 Å². The van der Waals surface area contributed by atoms with Crippen molar-refractivity contribution in [1.29, 1.82) is 0 Å². The summed E-state index contributed by atoms with van der Waals surface area (Å²) in [6.07, 6.45) is 25.0. The number of rotatable bonds is 15. The van der Waals surface area contributed by atoms with Gasteiger partial charge in [-0.1, -0.05) is 76.8 Å². The molecule has 1 amide bonds. The highest BCUT2D eigenvalue weighted by Crippen LogP contribution is 2.07. The monoisotopic (exact) mass is 333 g/mol. The molecule has 0 aliphatic carbocycles. The summed E-state index contributed by atoms with van der Waals surface area (Å²) in [5.41, 5.74) is 0. The van der Waals surface area contributed by atoms with Crippen LogP contribution in [0.4, 0.5) is 0 Å². The molecule has 0 fully saturated rings. The Morgan fingerprint density at radius 2 is 1.42 bits per heavy atom. The summed E-state index contributed by atoms with van der Waals surface area (Å²) in [5.74, 6) is 0.491. The molecule has 0 unspecified atom stereocenters. The van der Waals surface area contributed by atoms with E-state index in [1.807, 2.05) is 12.2 Å². The minimum atomic E-state index is -0.00361. The summed E-state index contributed by atoms with van der Waals surface area (Å²) in [6.45, 7) is 7.17. The smallest absolute Gasteiger partial charge is 0.243 e. The van der Waals surface area contributed by atoms with Crippen molar-refractivity contribution in [3.8, 4) is 0 Å². The fraction of sp³-hybridized carbons (Fsp3) is 0.682. The lowest BCUT2D eigenvalue weighted by Gasteiger charge is -2.03. The van der Waals surface area contributed by atoms with Crippen LogP contribution in [0.15, 0.2) is 36.5 Å². The Balaban J connectivity index is 3.39. The van der Waals surface area contributed by atoms with E-state index in [1.165, 1.54) is 57.8 Å². The Morgan fingerprint density at radius 1 is 0.833 bits per heavy atom. The minimum Gasteiger partial charge on any atom is -0.352 e. The minimum absolute atomic E-state index is 0.00361. The fourth-order valence-electron chi connectivity index (χ4n) is 2.31. The normalized spacial score (nSPS) is 12.2.